The van der Waals surface area contributed by atoms with Crippen molar-refractivity contribution < 1.29 is 0 Å². The minimum atomic E-state index is 0.731. The first-order valence-corrected chi connectivity index (χ1v) is 6.56. The smallest absolute Gasteiger partial charge is 0.0597 e. The summed E-state index contributed by atoms with van der Waals surface area (Å²) in [4.78, 5) is 0. The van der Waals surface area contributed by atoms with Crippen molar-refractivity contribution >= 4 is 0 Å². The van der Waals surface area contributed by atoms with Crippen LogP contribution in [0, 0.1) is 6.92 Å². The fourth-order valence-corrected chi connectivity index (χ4v) is 2.57. The molecule has 3 heteroatoms. The summed E-state index contributed by atoms with van der Waals surface area (Å²) in [6, 6.07) is 2.92. The molecule has 1 N–H and O–H groups in total. The first-order valence-electron chi connectivity index (χ1n) is 6.56. The molecule has 1 aromatic rings. The highest BCUT2D eigenvalue weighted by molar-refractivity contribution is 5.08. The minimum Gasteiger partial charge on any atom is -0.308 e. The molecular formula is C13H23N3. The van der Waals surface area contributed by atoms with Gasteiger partial charge in [0, 0.05) is 19.1 Å². The molecule has 0 aliphatic heterocycles. The Hall–Kier alpha value is -0.830. The van der Waals surface area contributed by atoms with E-state index < -0.39 is 0 Å². The summed E-state index contributed by atoms with van der Waals surface area (Å²) in [6.45, 7) is 6.15. The van der Waals surface area contributed by atoms with Gasteiger partial charge >= 0.3 is 0 Å². The maximum absolute atomic E-state index is 4.47. The molecule has 0 unspecified atom stereocenters. The van der Waals surface area contributed by atoms with E-state index in [1.165, 1.54) is 37.8 Å². The van der Waals surface area contributed by atoms with Gasteiger partial charge in [-0.3, -0.25) is 4.68 Å². The van der Waals surface area contributed by atoms with E-state index in [1.54, 1.807) is 0 Å². The van der Waals surface area contributed by atoms with Crippen LogP contribution >= 0.6 is 0 Å². The van der Waals surface area contributed by atoms with Crippen LogP contribution < -0.4 is 5.32 Å². The van der Waals surface area contributed by atoms with Crippen molar-refractivity contribution in [3.63, 3.8) is 0 Å². The van der Waals surface area contributed by atoms with Gasteiger partial charge in [0.15, 0.2) is 0 Å². The van der Waals surface area contributed by atoms with Crippen molar-refractivity contribution in [3.8, 4) is 0 Å². The van der Waals surface area contributed by atoms with Crippen LogP contribution in [0.5, 0.6) is 0 Å². The van der Waals surface area contributed by atoms with Crippen molar-refractivity contribution in [3.05, 3.63) is 17.5 Å². The van der Waals surface area contributed by atoms with Crippen LogP contribution in [0.25, 0.3) is 0 Å². The lowest BCUT2D eigenvalue weighted by molar-refractivity contribution is 0.367. The second-order valence-electron chi connectivity index (χ2n) is 4.81. The zero-order valence-corrected chi connectivity index (χ0v) is 10.5. The predicted molar refractivity (Wildman–Crippen MR) is 66.4 cm³/mol. The summed E-state index contributed by atoms with van der Waals surface area (Å²) >= 11 is 0. The summed E-state index contributed by atoms with van der Waals surface area (Å²) in [5, 5.41) is 8.13. The van der Waals surface area contributed by atoms with Crippen molar-refractivity contribution in [1.82, 2.24) is 15.1 Å². The van der Waals surface area contributed by atoms with Crippen molar-refractivity contribution in [2.45, 2.75) is 65.1 Å². The third-order valence-corrected chi connectivity index (χ3v) is 3.46. The monoisotopic (exact) mass is 221 g/mol. The van der Waals surface area contributed by atoms with Gasteiger partial charge in [0.25, 0.3) is 0 Å². The van der Waals surface area contributed by atoms with E-state index in [9.17, 15) is 0 Å². The quantitative estimate of drug-likeness (QED) is 0.847. The highest BCUT2D eigenvalue weighted by atomic mass is 15.3. The van der Waals surface area contributed by atoms with Crippen molar-refractivity contribution in [1.29, 1.82) is 0 Å². The number of rotatable bonds is 4. The summed E-state index contributed by atoms with van der Waals surface area (Å²) in [6.07, 6.45) is 6.90. The second-order valence-corrected chi connectivity index (χ2v) is 4.81. The molecule has 1 aromatic heterocycles. The molecule has 1 fully saturated rings. The van der Waals surface area contributed by atoms with Gasteiger partial charge in [0.2, 0.25) is 0 Å². The Morgan fingerprint density at radius 1 is 1.38 bits per heavy atom. The van der Waals surface area contributed by atoms with E-state index in [2.05, 4.69) is 35.0 Å². The number of aromatic nitrogens is 2. The summed E-state index contributed by atoms with van der Waals surface area (Å²) in [5.74, 6) is 0. The first kappa shape index (κ1) is 11.6. The van der Waals surface area contributed by atoms with Crippen LogP contribution in [0.3, 0.4) is 0 Å². The maximum Gasteiger partial charge on any atom is 0.0597 e. The molecule has 90 valence electrons. The lowest BCUT2D eigenvalue weighted by Crippen LogP contribution is -2.31. The Morgan fingerprint density at radius 2 is 2.12 bits per heavy atom. The maximum atomic E-state index is 4.47. The van der Waals surface area contributed by atoms with Gasteiger partial charge in [-0.05, 0) is 32.8 Å². The van der Waals surface area contributed by atoms with Crippen LogP contribution in [-0.4, -0.2) is 15.8 Å². The topological polar surface area (TPSA) is 29.9 Å². The Balaban J connectivity index is 1.87. The van der Waals surface area contributed by atoms with E-state index in [1.807, 2.05) is 0 Å². The molecule has 0 radical (unpaired) electrons. The molecule has 0 amide bonds. The summed E-state index contributed by atoms with van der Waals surface area (Å²) in [5.41, 5.74) is 2.45. The number of hydrogen-bond acceptors (Lipinski definition) is 2. The van der Waals surface area contributed by atoms with Crippen LogP contribution in [0.2, 0.25) is 0 Å². The fraction of sp³-hybridized carbons (Fsp3) is 0.769. The normalized spacial score (nSPS) is 17.9. The van der Waals surface area contributed by atoms with Gasteiger partial charge in [-0.1, -0.05) is 19.3 Å². The van der Waals surface area contributed by atoms with Gasteiger partial charge in [-0.15, -0.1) is 0 Å². The van der Waals surface area contributed by atoms with Crippen LogP contribution in [-0.2, 0) is 13.1 Å². The lowest BCUT2D eigenvalue weighted by atomic mass is 9.95. The molecule has 1 heterocycles. The fourth-order valence-electron chi connectivity index (χ4n) is 2.57. The van der Waals surface area contributed by atoms with Gasteiger partial charge in [0.1, 0.15) is 0 Å². The zero-order chi connectivity index (χ0) is 11.4. The summed E-state index contributed by atoms with van der Waals surface area (Å²) < 4.78 is 2.10. The molecule has 0 spiro atoms. The Labute approximate surface area is 98.2 Å². The van der Waals surface area contributed by atoms with Crippen molar-refractivity contribution in [2.24, 2.45) is 0 Å². The molecule has 16 heavy (non-hydrogen) atoms. The number of nitrogens with one attached hydrogen (secondary N) is 1. The molecule has 0 aromatic carbocycles. The lowest BCUT2D eigenvalue weighted by Gasteiger charge is -2.22. The molecule has 1 aliphatic rings. The molecule has 1 saturated carbocycles. The Kier molecular flexibility index (Phi) is 3.99. The van der Waals surface area contributed by atoms with Crippen LogP contribution in [0.1, 0.15) is 50.4 Å². The van der Waals surface area contributed by atoms with E-state index >= 15 is 0 Å². The van der Waals surface area contributed by atoms with Crippen molar-refractivity contribution in [2.75, 3.05) is 0 Å². The molecule has 2 rings (SSSR count). The molecule has 3 nitrogen and oxygen atoms in total. The Bertz CT molecular complexity index is 324. The Morgan fingerprint density at radius 3 is 2.81 bits per heavy atom. The third-order valence-electron chi connectivity index (χ3n) is 3.46. The largest absolute Gasteiger partial charge is 0.308 e. The van der Waals surface area contributed by atoms with E-state index in [0.717, 1.165) is 24.8 Å². The second kappa shape index (κ2) is 5.48. The minimum absolute atomic E-state index is 0.731. The molecule has 0 atom stereocenters. The number of nitrogens with zero attached hydrogens (tertiary/aromatic N) is 2. The standard InChI is InChI=1S/C13H23N3/c1-3-16-13(9-11(2)15-16)10-14-12-7-5-4-6-8-12/h9,12,14H,3-8,10H2,1-2H3. The van der Waals surface area contributed by atoms with Gasteiger partial charge in [-0.25, -0.2) is 0 Å². The van der Waals surface area contributed by atoms with Gasteiger partial charge < -0.3 is 5.32 Å². The average Bonchev–Trinajstić information content (AvgIpc) is 2.68. The molecule has 0 saturated heterocycles. The highest BCUT2D eigenvalue weighted by Crippen LogP contribution is 2.17. The molecule has 1 aliphatic carbocycles. The summed E-state index contributed by atoms with van der Waals surface area (Å²) in [7, 11) is 0. The zero-order valence-electron chi connectivity index (χ0n) is 10.5. The number of aryl methyl sites for hydroxylation is 2. The van der Waals surface area contributed by atoms with E-state index in [-0.39, 0.29) is 0 Å². The van der Waals surface area contributed by atoms with Crippen LogP contribution in [0.4, 0.5) is 0 Å². The van der Waals surface area contributed by atoms with Gasteiger partial charge in [-0.2, -0.15) is 5.10 Å². The highest BCUT2D eigenvalue weighted by Gasteiger charge is 2.13. The van der Waals surface area contributed by atoms with E-state index in [4.69, 9.17) is 0 Å². The number of hydrogen-bond donors (Lipinski definition) is 1. The van der Waals surface area contributed by atoms with E-state index in [0.29, 0.717) is 0 Å². The molecular weight excluding hydrogens is 198 g/mol. The average molecular weight is 221 g/mol. The van der Waals surface area contributed by atoms with Gasteiger partial charge in [0.05, 0.1) is 11.4 Å². The van der Waals surface area contributed by atoms with Crippen LogP contribution in [0.15, 0.2) is 6.07 Å². The third kappa shape index (κ3) is 2.85. The first-order chi connectivity index (χ1) is 7.79. The predicted octanol–water partition coefficient (Wildman–Crippen LogP) is 2.63. The molecule has 0 bridgehead atoms. The SMILES string of the molecule is CCn1nc(C)cc1CNC1CCCCC1.